The Morgan fingerprint density at radius 1 is 1.03 bits per heavy atom. The molecule has 34 heavy (non-hydrogen) atoms. The molecule has 0 aliphatic carbocycles. The molecule has 2 aromatic heterocycles. The van der Waals surface area contributed by atoms with E-state index in [4.69, 9.17) is 22.1 Å². The van der Waals surface area contributed by atoms with Crippen LogP contribution in [0.2, 0.25) is 5.02 Å². The highest BCUT2D eigenvalue weighted by molar-refractivity contribution is 6.30. The van der Waals surface area contributed by atoms with Crippen LogP contribution in [-0.2, 0) is 13.1 Å². The molecule has 4 rings (SSSR count). The van der Waals surface area contributed by atoms with Crippen molar-refractivity contribution in [2.24, 2.45) is 0 Å². The number of rotatable bonds is 9. The van der Waals surface area contributed by atoms with E-state index in [0.717, 1.165) is 11.1 Å². The molecule has 0 saturated carbocycles. The van der Waals surface area contributed by atoms with E-state index in [1.54, 1.807) is 45.8 Å². The minimum absolute atomic E-state index is 0.0438. The Labute approximate surface area is 201 Å². The molecule has 0 unspecified atom stereocenters. The van der Waals surface area contributed by atoms with Gasteiger partial charge in [-0.25, -0.2) is 4.68 Å². The molecule has 0 atom stereocenters. The van der Waals surface area contributed by atoms with Gasteiger partial charge in [-0.2, -0.15) is 5.10 Å². The van der Waals surface area contributed by atoms with Crippen molar-refractivity contribution >= 4 is 23.3 Å². The first-order valence-electron chi connectivity index (χ1n) is 10.7. The topological polar surface area (TPSA) is 104 Å². The molecular weight excluding hydrogens is 454 g/mol. The zero-order valence-electron chi connectivity index (χ0n) is 18.4. The summed E-state index contributed by atoms with van der Waals surface area (Å²) >= 11 is 5.93. The molecule has 0 bridgehead atoms. The number of halogens is 1. The molecule has 2 aromatic carbocycles. The van der Waals surface area contributed by atoms with Crippen LogP contribution in [-0.4, -0.2) is 33.4 Å². The van der Waals surface area contributed by atoms with Crippen LogP contribution >= 0.6 is 11.6 Å². The molecule has 174 valence electrons. The maximum Gasteiger partial charge on any atom is 0.256 e. The number of aromatic nitrogens is 3. The Morgan fingerprint density at radius 2 is 1.79 bits per heavy atom. The number of hydrogen-bond donors (Lipinski definition) is 2. The summed E-state index contributed by atoms with van der Waals surface area (Å²) in [5.74, 6) is 0.603. The summed E-state index contributed by atoms with van der Waals surface area (Å²) in [6.07, 6.45) is 3.22. The van der Waals surface area contributed by atoms with Gasteiger partial charge in [-0.05, 0) is 35.4 Å². The number of carbonyl (C=O) groups excluding carboxylic acids is 1. The molecule has 9 heteroatoms. The number of amides is 1. The van der Waals surface area contributed by atoms with E-state index in [0.29, 0.717) is 42.6 Å². The Bertz CT molecular complexity index is 1330. The average Bonchev–Trinajstić information content (AvgIpc) is 3.19. The largest absolute Gasteiger partial charge is 0.492 e. The molecule has 0 saturated heterocycles. The van der Waals surface area contributed by atoms with Gasteiger partial charge in [0.1, 0.15) is 23.7 Å². The maximum atomic E-state index is 12.5. The van der Waals surface area contributed by atoms with Gasteiger partial charge in [-0.15, -0.1) is 0 Å². The number of benzene rings is 2. The van der Waals surface area contributed by atoms with Gasteiger partial charge in [0.15, 0.2) is 0 Å². The number of carbonyl (C=O) groups is 1. The zero-order valence-corrected chi connectivity index (χ0v) is 19.1. The van der Waals surface area contributed by atoms with Crippen LogP contribution in [0.25, 0.3) is 0 Å². The summed E-state index contributed by atoms with van der Waals surface area (Å²) in [6.45, 7) is 1.52. The molecule has 1 amide bonds. The van der Waals surface area contributed by atoms with Gasteiger partial charge in [0.05, 0.1) is 25.8 Å². The molecule has 0 radical (unpaired) electrons. The number of anilines is 1. The fraction of sp³-hybridized carbons (Fsp3) is 0.160. The molecule has 2 heterocycles. The van der Waals surface area contributed by atoms with Crippen LogP contribution in [0.3, 0.4) is 0 Å². The second-order valence-corrected chi connectivity index (χ2v) is 8.08. The van der Waals surface area contributed by atoms with Gasteiger partial charge in [0.25, 0.3) is 11.5 Å². The second-order valence-electron chi connectivity index (χ2n) is 7.65. The lowest BCUT2D eigenvalue weighted by atomic mass is 10.1. The van der Waals surface area contributed by atoms with Gasteiger partial charge in [0, 0.05) is 17.3 Å². The molecule has 4 aromatic rings. The lowest BCUT2D eigenvalue weighted by Gasteiger charge is -2.09. The van der Waals surface area contributed by atoms with Gasteiger partial charge in [-0.1, -0.05) is 48.0 Å². The quantitative estimate of drug-likeness (QED) is 0.360. The third-order valence-corrected chi connectivity index (χ3v) is 5.42. The number of hydrogen-bond acceptors (Lipinski definition) is 5. The zero-order chi connectivity index (χ0) is 23.9. The van der Waals surface area contributed by atoms with Gasteiger partial charge < -0.3 is 20.4 Å². The summed E-state index contributed by atoms with van der Waals surface area (Å²) in [5, 5.41) is 7.62. The van der Waals surface area contributed by atoms with Crippen LogP contribution in [0.1, 0.15) is 21.5 Å². The first-order valence-corrected chi connectivity index (χ1v) is 11.1. The lowest BCUT2D eigenvalue weighted by molar-refractivity contribution is 0.0948. The predicted octanol–water partition coefficient (Wildman–Crippen LogP) is 3.19. The van der Waals surface area contributed by atoms with E-state index in [-0.39, 0.29) is 17.3 Å². The van der Waals surface area contributed by atoms with Crippen molar-refractivity contribution in [2.45, 2.75) is 13.1 Å². The van der Waals surface area contributed by atoms with E-state index in [1.807, 2.05) is 30.3 Å². The normalized spacial score (nSPS) is 10.7. The van der Waals surface area contributed by atoms with E-state index in [9.17, 15) is 9.59 Å². The van der Waals surface area contributed by atoms with E-state index in [1.165, 1.54) is 12.3 Å². The molecule has 0 aliphatic rings. The maximum absolute atomic E-state index is 12.5. The second kappa shape index (κ2) is 10.7. The third-order valence-electron chi connectivity index (χ3n) is 5.18. The fourth-order valence-corrected chi connectivity index (χ4v) is 3.57. The number of nitrogen functional groups attached to an aromatic ring is 1. The average molecular weight is 478 g/mol. The number of ether oxygens (including phenoxy) is 1. The Hall–Kier alpha value is -4.04. The Morgan fingerprint density at radius 3 is 2.53 bits per heavy atom. The highest BCUT2D eigenvalue weighted by atomic mass is 35.5. The monoisotopic (exact) mass is 477 g/mol. The number of nitrogens with two attached hydrogens (primary N) is 1. The third kappa shape index (κ3) is 5.85. The van der Waals surface area contributed by atoms with Crippen LogP contribution in [0, 0.1) is 0 Å². The van der Waals surface area contributed by atoms with Crippen molar-refractivity contribution in [2.75, 3.05) is 18.9 Å². The molecule has 0 spiro atoms. The van der Waals surface area contributed by atoms with E-state index < -0.39 is 0 Å². The number of nitrogens with zero attached hydrogens (tertiary/aromatic N) is 3. The van der Waals surface area contributed by atoms with E-state index in [2.05, 4.69) is 10.4 Å². The van der Waals surface area contributed by atoms with E-state index >= 15 is 0 Å². The first-order chi connectivity index (χ1) is 16.5. The van der Waals surface area contributed by atoms with Crippen molar-refractivity contribution in [1.29, 1.82) is 0 Å². The van der Waals surface area contributed by atoms with Crippen molar-refractivity contribution < 1.29 is 9.53 Å². The number of pyridine rings is 1. The summed E-state index contributed by atoms with van der Waals surface area (Å²) < 4.78 is 8.79. The summed E-state index contributed by atoms with van der Waals surface area (Å²) in [5.41, 5.74) is 8.41. The summed E-state index contributed by atoms with van der Waals surface area (Å²) in [6, 6.07) is 20.0. The highest BCUT2D eigenvalue weighted by Crippen LogP contribution is 2.17. The number of nitrogens with one attached hydrogen (secondary N) is 1. The van der Waals surface area contributed by atoms with Crippen molar-refractivity contribution in [3.8, 4) is 5.75 Å². The smallest absolute Gasteiger partial charge is 0.256 e. The molecule has 0 fully saturated rings. The minimum Gasteiger partial charge on any atom is -0.492 e. The highest BCUT2D eigenvalue weighted by Gasteiger charge is 2.15. The van der Waals surface area contributed by atoms with Crippen LogP contribution in [0.15, 0.2) is 83.9 Å². The predicted molar refractivity (Wildman–Crippen MR) is 131 cm³/mol. The van der Waals surface area contributed by atoms with Crippen molar-refractivity contribution in [3.05, 3.63) is 111 Å². The van der Waals surface area contributed by atoms with Crippen LogP contribution < -0.4 is 21.3 Å². The lowest BCUT2D eigenvalue weighted by Crippen LogP contribution is -2.28. The van der Waals surface area contributed by atoms with Gasteiger partial charge >= 0.3 is 0 Å². The fourth-order valence-electron chi connectivity index (χ4n) is 3.39. The first kappa shape index (κ1) is 23.1. The molecule has 8 nitrogen and oxygen atoms in total. The van der Waals surface area contributed by atoms with Crippen LogP contribution in [0.4, 0.5) is 5.82 Å². The standard InChI is InChI=1S/C25H24ClN5O3/c26-20-4-3-5-21(14-20)34-13-11-28-25(33)22-15-29-31(24(22)27)17-19-9-7-18(8-10-19)16-30-12-2-1-6-23(30)32/h1-10,12,14-15H,11,13,16-17,27H2,(H,28,33). The van der Waals surface area contributed by atoms with Crippen LogP contribution in [0.5, 0.6) is 5.75 Å². The van der Waals surface area contributed by atoms with Gasteiger partial charge in [-0.3, -0.25) is 9.59 Å². The molecule has 3 N–H and O–H groups in total. The molecular formula is C25H24ClN5O3. The van der Waals surface area contributed by atoms with Crippen molar-refractivity contribution in [1.82, 2.24) is 19.7 Å². The molecule has 0 aliphatic heterocycles. The SMILES string of the molecule is Nc1c(C(=O)NCCOc2cccc(Cl)c2)cnn1Cc1ccc(Cn2ccccc2=O)cc1. The summed E-state index contributed by atoms with van der Waals surface area (Å²) in [4.78, 5) is 24.4. The van der Waals surface area contributed by atoms with Crippen molar-refractivity contribution in [3.63, 3.8) is 0 Å². The Kier molecular flexibility index (Phi) is 7.29. The Balaban J connectivity index is 1.30. The summed E-state index contributed by atoms with van der Waals surface area (Å²) in [7, 11) is 0. The minimum atomic E-state index is -0.318. The van der Waals surface area contributed by atoms with Gasteiger partial charge in [0.2, 0.25) is 0 Å².